The van der Waals surface area contributed by atoms with E-state index in [4.69, 9.17) is 37.4 Å². The Morgan fingerprint density at radius 2 is 1.70 bits per heavy atom. The van der Waals surface area contributed by atoms with Crippen molar-refractivity contribution < 1.29 is 45.7 Å². The van der Waals surface area contributed by atoms with Crippen LogP contribution in [0.3, 0.4) is 0 Å². The molecule has 11 nitrogen and oxygen atoms in total. The van der Waals surface area contributed by atoms with Crippen LogP contribution in [0.1, 0.15) is 40.4 Å². The van der Waals surface area contributed by atoms with Crippen LogP contribution in [-0.2, 0) is 30.7 Å². The first-order valence-electron chi connectivity index (χ1n) is 14.7. The third-order valence-corrected chi connectivity index (χ3v) is 9.53. The van der Waals surface area contributed by atoms with Crippen molar-refractivity contribution in [3.05, 3.63) is 81.6 Å². The van der Waals surface area contributed by atoms with Crippen LogP contribution in [0.25, 0.3) is 0 Å². The first-order valence-corrected chi connectivity index (χ1v) is 16.9. The summed E-state index contributed by atoms with van der Waals surface area (Å²) in [6.45, 7) is -1.83. The number of carbonyl (C=O) groups is 2. The topological polar surface area (TPSA) is 133 Å². The maximum atomic E-state index is 13.1. The smallest absolute Gasteiger partial charge is 0.387 e. The zero-order chi connectivity index (χ0) is 33.6. The maximum Gasteiger partial charge on any atom is 0.387 e. The molecule has 1 saturated heterocycles. The van der Waals surface area contributed by atoms with Gasteiger partial charge in [-0.1, -0.05) is 29.3 Å². The summed E-state index contributed by atoms with van der Waals surface area (Å²) in [4.78, 5) is 31.1. The number of aromatic nitrogens is 1. The van der Waals surface area contributed by atoms with Crippen molar-refractivity contribution in [2.75, 3.05) is 39.5 Å². The first-order chi connectivity index (χ1) is 22.5. The Labute approximate surface area is 280 Å². The number of amides is 1. The average Bonchev–Trinajstić information content (AvgIpc) is 3.89. The third kappa shape index (κ3) is 9.51. The largest absolute Gasteiger partial charge is 0.489 e. The molecule has 2 aliphatic rings. The van der Waals surface area contributed by atoms with Gasteiger partial charge in [-0.05, 0) is 66.3 Å². The summed E-state index contributed by atoms with van der Waals surface area (Å²) in [6, 6.07) is 9.45. The second-order valence-electron chi connectivity index (χ2n) is 10.9. The highest BCUT2D eigenvalue weighted by molar-refractivity contribution is 7.89. The average molecular weight is 715 g/mol. The number of nitrogens with one attached hydrogen (secondary N) is 1. The number of hydrogen-bond acceptors (Lipinski definition) is 9. The van der Waals surface area contributed by atoms with Gasteiger partial charge < -0.3 is 23.8 Å². The Hall–Kier alpha value is -3.56. The van der Waals surface area contributed by atoms with Crippen molar-refractivity contribution in [1.82, 2.24) is 14.6 Å². The van der Waals surface area contributed by atoms with Gasteiger partial charge in [-0.25, -0.2) is 8.42 Å². The SMILES string of the molecule is O=C(CNS(=O)(=O)c1ccc(C(=O)N2CCOCC2)cc1)O[C@@H](Cc1c(Cl)cncc1Cl)c1ccc(OC(F)F)c(OCC2CC2)c1. The van der Waals surface area contributed by atoms with Gasteiger partial charge in [-0.2, -0.15) is 13.5 Å². The highest BCUT2D eigenvalue weighted by Crippen LogP contribution is 2.38. The maximum absolute atomic E-state index is 13.1. The number of morpholine rings is 1. The molecule has 16 heteroatoms. The van der Waals surface area contributed by atoms with Crippen molar-refractivity contribution in [3.63, 3.8) is 0 Å². The molecule has 1 aliphatic heterocycles. The molecular weight excluding hydrogens is 683 g/mol. The van der Waals surface area contributed by atoms with E-state index in [1.54, 1.807) is 4.90 Å². The summed E-state index contributed by atoms with van der Waals surface area (Å²) in [5.74, 6) is -1.06. The highest BCUT2D eigenvalue weighted by Gasteiger charge is 2.27. The van der Waals surface area contributed by atoms with E-state index in [9.17, 15) is 26.8 Å². The minimum Gasteiger partial charge on any atom is -0.489 e. The van der Waals surface area contributed by atoms with Crippen LogP contribution in [0.15, 0.2) is 59.8 Å². The van der Waals surface area contributed by atoms with Crippen LogP contribution >= 0.6 is 23.2 Å². The molecule has 3 aromatic rings. The van der Waals surface area contributed by atoms with Gasteiger partial charge in [0.1, 0.15) is 12.6 Å². The fourth-order valence-electron chi connectivity index (χ4n) is 4.73. The second kappa shape index (κ2) is 15.6. The molecule has 0 spiro atoms. The molecule has 0 bridgehead atoms. The molecule has 47 heavy (non-hydrogen) atoms. The quantitative estimate of drug-likeness (QED) is 0.228. The normalized spacial score (nSPS) is 15.7. The molecule has 1 aliphatic carbocycles. The van der Waals surface area contributed by atoms with Crippen LogP contribution in [-0.4, -0.2) is 76.2 Å². The number of nitrogens with zero attached hydrogens (tertiary/aromatic N) is 2. The van der Waals surface area contributed by atoms with Gasteiger partial charge in [0.15, 0.2) is 11.5 Å². The fourth-order valence-corrected chi connectivity index (χ4v) is 6.22. The Kier molecular flexibility index (Phi) is 11.5. The second-order valence-corrected chi connectivity index (χ2v) is 13.4. The molecule has 0 unspecified atom stereocenters. The number of hydrogen-bond donors (Lipinski definition) is 1. The molecule has 2 fully saturated rings. The molecule has 1 N–H and O–H groups in total. The lowest BCUT2D eigenvalue weighted by Gasteiger charge is -2.26. The molecular formula is C31H31Cl2F2N3O8S. The molecule has 252 valence electrons. The van der Waals surface area contributed by atoms with Crippen LogP contribution in [0.4, 0.5) is 8.78 Å². The molecule has 1 aromatic heterocycles. The van der Waals surface area contributed by atoms with Crippen molar-refractivity contribution in [2.45, 2.75) is 36.9 Å². The van der Waals surface area contributed by atoms with E-state index >= 15 is 0 Å². The molecule has 1 atom stereocenters. The van der Waals surface area contributed by atoms with Crippen molar-refractivity contribution in [1.29, 1.82) is 0 Å². The zero-order valence-corrected chi connectivity index (χ0v) is 27.2. The first kappa shape index (κ1) is 34.8. The number of benzene rings is 2. The predicted molar refractivity (Wildman–Crippen MR) is 166 cm³/mol. The molecule has 2 heterocycles. The van der Waals surface area contributed by atoms with E-state index in [2.05, 4.69) is 14.4 Å². The van der Waals surface area contributed by atoms with E-state index in [0.29, 0.717) is 55.5 Å². The summed E-state index contributed by atoms with van der Waals surface area (Å²) >= 11 is 12.7. The van der Waals surface area contributed by atoms with Gasteiger partial charge in [0.05, 0.1) is 34.8 Å². The molecule has 1 amide bonds. The van der Waals surface area contributed by atoms with E-state index in [1.165, 1.54) is 54.9 Å². The minimum absolute atomic E-state index is 0.0268. The van der Waals surface area contributed by atoms with Gasteiger partial charge in [0.2, 0.25) is 10.0 Å². The van der Waals surface area contributed by atoms with E-state index in [0.717, 1.165) is 12.8 Å². The van der Waals surface area contributed by atoms with Gasteiger partial charge in [0.25, 0.3) is 5.91 Å². The Balaban J connectivity index is 1.31. The molecule has 1 saturated carbocycles. The van der Waals surface area contributed by atoms with Gasteiger partial charge in [0, 0.05) is 37.5 Å². The van der Waals surface area contributed by atoms with Crippen molar-refractivity contribution in [2.24, 2.45) is 5.92 Å². The summed E-state index contributed by atoms with van der Waals surface area (Å²) in [7, 11) is -4.18. The highest BCUT2D eigenvalue weighted by atomic mass is 35.5. The number of pyridine rings is 1. The number of rotatable bonds is 14. The van der Waals surface area contributed by atoms with Crippen LogP contribution < -0.4 is 14.2 Å². The Morgan fingerprint density at radius 1 is 1.02 bits per heavy atom. The number of alkyl halides is 2. The monoisotopic (exact) mass is 713 g/mol. The Morgan fingerprint density at radius 3 is 2.34 bits per heavy atom. The lowest BCUT2D eigenvalue weighted by atomic mass is 10.0. The van der Waals surface area contributed by atoms with Crippen LogP contribution in [0.2, 0.25) is 10.0 Å². The van der Waals surface area contributed by atoms with Crippen LogP contribution in [0.5, 0.6) is 11.5 Å². The third-order valence-electron chi connectivity index (χ3n) is 7.46. The summed E-state index contributed by atoms with van der Waals surface area (Å²) in [6.07, 6.45) is 3.47. The van der Waals surface area contributed by atoms with Gasteiger partial charge in [-0.3, -0.25) is 14.6 Å². The summed E-state index contributed by atoms with van der Waals surface area (Å²) in [5.41, 5.74) is 1.03. The van der Waals surface area contributed by atoms with E-state index < -0.39 is 35.3 Å². The predicted octanol–water partition coefficient (Wildman–Crippen LogP) is 5.06. The summed E-state index contributed by atoms with van der Waals surface area (Å²) < 4.78 is 75.7. The fraction of sp³-hybridized carbons (Fsp3) is 0.387. The summed E-state index contributed by atoms with van der Waals surface area (Å²) in [5, 5.41) is 0.385. The van der Waals surface area contributed by atoms with Crippen molar-refractivity contribution >= 4 is 45.1 Å². The van der Waals surface area contributed by atoms with Crippen LogP contribution in [0, 0.1) is 5.92 Å². The van der Waals surface area contributed by atoms with Crippen molar-refractivity contribution in [3.8, 4) is 11.5 Å². The molecule has 2 aromatic carbocycles. The van der Waals surface area contributed by atoms with E-state index in [1.807, 2.05) is 0 Å². The van der Waals surface area contributed by atoms with Gasteiger partial charge in [-0.15, -0.1) is 0 Å². The molecule has 0 radical (unpaired) electrons. The number of halogens is 4. The van der Waals surface area contributed by atoms with E-state index in [-0.39, 0.29) is 38.8 Å². The lowest BCUT2D eigenvalue weighted by molar-refractivity contribution is -0.148. The lowest BCUT2D eigenvalue weighted by Crippen LogP contribution is -2.40. The Bertz CT molecular complexity index is 1670. The number of esters is 1. The number of ether oxygens (including phenoxy) is 4. The molecule has 5 rings (SSSR count). The minimum atomic E-state index is -4.18. The standard InChI is InChI=1S/C31H31Cl2F2N3O8S/c32-24-15-36-16-25(33)23(24)14-27(21-5-8-26(46-31(34)35)28(13-21)44-18-19-1-2-19)45-29(39)17-37-47(41,42)22-6-3-20(4-7-22)30(40)38-9-11-43-12-10-38/h3-8,13,15-16,19,27,31,37H,1-2,9-12,14,17-18H2/t27-/m0/s1. The number of sulfonamides is 1. The number of carbonyl (C=O) groups excluding carboxylic acids is 2. The zero-order valence-electron chi connectivity index (χ0n) is 24.9. The van der Waals surface area contributed by atoms with Gasteiger partial charge >= 0.3 is 12.6 Å².